The van der Waals surface area contributed by atoms with E-state index in [0.29, 0.717) is 37.7 Å². The number of ketones is 1. The zero-order valence-corrected chi connectivity index (χ0v) is 13.9. The van der Waals surface area contributed by atoms with Crippen LogP contribution in [0.1, 0.15) is 30.7 Å². The highest BCUT2D eigenvalue weighted by atomic mass is 16.2. The van der Waals surface area contributed by atoms with E-state index in [0.717, 1.165) is 29.7 Å². The summed E-state index contributed by atoms with van der Waals surface area (Å²) in [6.07, 6.45) is 5.60. The number of piperidine rings is 1. The van der Waals surface area contributed by atoms with Gasteiger partial charge in [-0.1, -0.05) is 24.3 Å². The number of carbonyl (C=O) groups is 2. The second kappa shape index (κ2) is 6.63. The lowest BCUT2D eigenvalue weighted by Crippen LogP contribution is -2.34. The molecule has 1 aromatic carbocycles. The number of rotatable bonds is 3. The summed E-state index contributed by atoms with van der Waals surface area (Å²) in [5, 5.41) is 2.88. The van der Waals surface area contributed by atoms with Gasteiger partial charge < -0.3 is 10.2 Å². The van der Waals surface area contributed by atoms with E-state index < -0.39 is 0 Å². The van der Waals surface area contributed by atoms with E-state index in [4.69, 9.17) is 0 Å². The molecule has 1 aromatic heterocycles. The lowest BCUT2D eigenvalue weighted by molar-refractivity contribution is -0.120. The second-order valence-corrected chi connectivity index (χ2v) is 6.56. The maximum atomic E-state index is 11.9. The number of benzene rings is 1. The van der Waals surface area contributed by atoms with E-state index in [9.17, 15) is 9.59 Å². The minimum atomic E-state index is -0.0639. The highest BCUT2D eigenvalue weighted by Gasteiger charge is 2.25. The first-order valence-electron chi connectivity index (χ1n) is 8.67. The number of anilines is 1. The van der Waals surface area contributed by atoms with Gasteiger partial charge in [-0.25, -0.2) is 9.97 Å². The maximum Gasteiger partial charge on any atom is 0.227 e. The van der Waals surface area contributed by atoms with Crippen molar-refractivity contribution < 1.29 is 9.59 Å². The third-order valence-corrected chi connectivity index (χ3v) is 4.91. The number of hydrogen-bond donors (Lipinski definition) is 1. The van der Waals surface area contributed by atoms with E-state index in [2.05, 4.69) is 15.3 Å². The monoisotopic (exact) mass is 336 g/mol. The molecule has 1 atom stereocenters. The number of nitrogens with zero attached hydrogens (tertiary/aromatic N) is 3. The van der Waals surface area contributed by atoms with Crippen LogP contribution >= 0.6 is 0 Å². The van der Waals surface area contributed by atoms with Crippen LogP contribution in [0.4, 0.5) is 5.95 Å². The van der Waals surface area contributed by atoms with Crippen molar-refractivity contribution in [3.8, 4) is 11.1 Å². The van der Waals surface area contributed by atoms with Crippen molar-refractivity contribution in [1.29, 1.82) is 0 Å². The molecule has 0 aliphatic carbocycles. The van der Waals surface area contributed by atoms with Gasteiger partial charge in [-0.2, -0.15) is 0 Å². The summed E-state index contributed by atoms with van der Waals surface area (Å²) in [5.41, 5.74) is 2.97. The number of Topliss-reactive ketones (excluding diaryl/α,β-unsaturated/α-hetero) is 1. The number of hydrogen-bond acceptors (Lipinski definition) is 5. The van der Waals surface area contributed by atoms with Crippen molar-refractivity contribution in [2.75, 3.05) is 24.5 Å². The molecule has 2 aliphatic heterocycles. The topological polar surface area (TPSA) is 75.2 Å². The van der Waals surface area contributed by atoms with Gasteiger partial charge in [0.2, 0.25) is 11.9 Å². The number of nitrogens with one attached hydrogen (secondary N) is 1. The molecule has 3 heterocycles. The van der Waals surface area contributed by atoms with Crippen molar-refractivity contribution in [2.24, 2.45) is 0 Å². The zero-order chi connectivity index (χ0) is 17.2. The average molecular weight is 336 g/mol. The first-order chi connectivity index (χ1) is 12.2. The maximum absolute atomic E-state index is 11.9. The Balaban J connectivity index is 1.54. The van der Waals surface area contributed by atoms with Crippen LogP contribution in [0.5, 0.6) is 0 Å². The number of aromatic nitrogens is 2. The normalized spacial score (nSPS) is 20.6. The van der Waals surface area contributed by atoms with Crippen molar-refractivity contribution in [3.05, 3.63) is 42.2 Å². The van der Waals surface area contributed by atoms with Crippen LogP contribution in [0.3, 0.4) is 0 Å². The third-order valence-electron chi connectivity index (χ3n) is 4.91. The third kappa shape index (κ3) is 3.24. The Kier molecular flexibility index (Phi) is 4.17. The average Bonchev–Trinajstić information content (AvgIpc) is 3.09. The van der Waals surface area contributed by atoms with Gasteiger partial charge in [-0.3, -0.25) is 9.59 Å². The first-order valence-corrected chi connectivity index (χ1v) is 8.67. The first kappa shape index (κ1) is 15.7. The van der Waals surface area contributed by atoms with Crippen molar-refractivity contribution in [1.82, 2.24) is 15.3 Å². The van der Waals surface area contributed by atoms with Gasteiger partial charge in [0.25, 0.3) is 0 Å². The molecular weight excluding hydrogens is 316 g/mol. The fourth-order valence-electron chi connectivity index (χ4n) is 3.44. The lowest BCUT2D eigenvalue weighted by Gasteiger charge is -2.25. The molecule has 0 spiro atoms. The van der Waals surface area contributed by atoms with Crippen molar-refractivity contribution in [2.45, 2.75) is 25.2 Å². The molecular formula is C19H20N4O2. The minimum absolute atomic E-state index is 0.0639. The Morgan fingerprint density at radius 3 is 2.48 bits per heavy atom. The van der Waals surface area contributed by atoms with Gasteiger partial charge >= 0.3 is 0 Å². The van der Waals surface area contributed by atoms with Gasteiger partial charge in [0, 0.05) is 50.4 Å². The summed E-state index contributed by atoms with van der Waals surface area (Å²) < 4.78 is 0. The molecule has 2 saturated heterocycles. The molecule has 2 aliphatic rings. The standard InChI is InChI=1S/C19H20N4O2/c24-16-5-8-23(9-6-16)19-21-11-15(12-22-19)13-2-1-3-14(10-13)17-4-7-20-18(17)25/h1-3,10-12,17H,4-9H2,(H,20,25). The number of amides is 1. The summed E-state index contributed by atoms with van der Waals surface area (Å²) >= 11 is 0. The summed E-state index contributed by atoms with van der Waals surface area (Å²) in [4.78, 5) is 34.2. The Morgan fingerprint density at radius 1 is 1.04 bits per heavy atom. The molecule has 25 heavy (non-hydrogen) atoms. The van der Waals surface area contributed by atoms with Crippen LogP contribution in [-0.2, 0) is 9.59 Å². The van der Waals surface area contributed by atoms with E-state index >= 15 is 0 Å². The van der Waals surface area contributed by atoms with Crippen LogP contribution in [0, 0.1) is 0 Å². The zero-order valence-electron chi connectivity index (χ0n) is 13.9. The van der Waals surface area contributed by atoms with Gasteiger partial charge in [-0.05, 0) is 17.5 Å². The molecule has 2 aromatic rings. The summed E-state index contributed by atoms with van der Waals surface area (Å²) in [6.45, 7) is 2.11. The fraction of sp³-hybridized carbons (Fsp3) is 0.368. The van der Waals surface area contributed by atoms with E-state index in [1.165, 1.54) is 0 Å². The largest absolute Gasteiger partial charge is 0.356 e. The Bertz CT molecular complexity index is 793. The van der Waals surface area contributed by atoms with Crippen LogP contribution in [-0.4, -0.2) is 41.3 Å². The number of carbonyl (C=O) groups excluding carboxylic acids is 2. The van der Waals surface area contributed by atoms with E-state index in [1.54, 1.807) is 0 Å². The molecule has 2 fully saturated rings. The summed E-state index contributed by atoms with van der Waals surface area (Å²) in [5.74, 6) is 1.01. The predicted molar refractivity (Wildman–Crippen MR) is 94.3 cm³/mol. The quantitative estimate of drug-likeness (QED) is 0.927. The van der Waals surface area contributed by atoms with Gasteiger partial charge in [0.1, 0.15) is 5.78 Å². The van der Waals surface area contributed by atoms with Crippen LogP contribution in [0.2, 0.25) is 0 Å². The molecule has 1 amide bonds. The summed E-state index contributed by atoms with van der Waals surface area (Å²) in [6, 6.07) is 8.03. The fourth-order valence-corrected chi connectivity index (χ4v) is 3.44. The van der Waals surface area contributed by atoms with E-state index in [-0.39, 0.29) is 11.8 Å². The molecule has 0 saturated carbocycles. The molecule has 0 bridgehead atoms. The lowest BCUT2D eigenvalue weighted by atomic mass is 9.95. The minimum Gasteiger partial charge on any atom is -0.356 e. The highest BCUT2D eigenvalue weighted by molar-refractivity contribution is 5.86. The smallest absolute Gasteiger partial charge is 0.227 e. The Hall–Kier alpha value is -2.76. The van der Waals surface area contributed by atoms with Gasteiger partial charge in [-0.15, -0.1) is 0 Å². The molecule has 6 heteroatoms. The predicted octanol–water partition coefficient (Wildman–Crippen LogP) is 1.92. The van der Waals surface area contributed by atoms with E-state index in [1.807, 2.05) is 41.6 Å². The molecule has 1 N–H and O–H groups in total. The Morgan fingerprint density at radius 2 is 1.80 bits per heavy atom. The van der Waals surface area contributed by atoms with Crippen LogP contribution in [0.15, 0.2) is 36.7 Å². The SMILES string of the molecule is O=C1CCN(c2ncc(-c3cccc(C4CCNC4=O)c3)cn2)CC1. The second-order valence-electron chi connectivity index (χ2n) is 6.56. The van der Waals surface area contributed by atoms with Crippen molar-refractivity contribution in [3.63, 3.8) is 0 Å². The molecule has 1 unspecified atom stereocenters. The van der Waals surface area contributed by atoms with Gasteiger partial charge in [0.05, 0.1) is 5.92 Å². The van der Waals surface area contributed by atoms with Crippen molar-refractivity contribution >= 4 is 17.6 Å². The van der Waals surface area contributed by atoms with Crippen LogP contribution < -0.4 is 10.2 Å². The highest BCUT2D eigenvalue weighted by Crippen LogP contribution is 2.28. The Labute approximate surface area is 146 Å². The summed E-state index contributed by atoms with van der Waals surface area (Å²) in [7, 11) is 0. The molecule has 0 radical (unpaired) electrons. The van der Waals surface area contributed by atoms with Gasteiger partial charge in [0.15, 0.2) is 0 Å². The molecule has 4 rings (SSSR count). The molecule has 6 nitrogen and oxygen atoms in total. The molecule has 128 valence electrons. The van der Waals surface area contributed by atoms with Crippen LogP contribution in [0.25, 0.3) is 11.1 Å².